The van der Waals surface area contributed by atoms with E-state index in [-0.39, 0.29) is 0 Å². The zero-order chi connectivity index (χ0) is 11.1. The van der Waals surface area contributed by atoms with E-state index < -0.39 is 0 Å². The number of benzene rings is 1. The Kier molecular flexibility index (Phi) is 5.09. The summed E-state index contributed by atoms with van der Waals surface area (Å²) >= 11 is 0. The zero-order valence-corrected chi connectivity index (χ0v) is 10.0. The highest BCUT2D eigenvalue weighted by atomic mass is 14.8. The van der Waals surface area contributed by atoms with Gasteiger partial charge in [-0.1, -0.05) is 43.7 Å². The number of aliphatic imine (C=N–C) groups is 1. The maximum Gasteiger partial charge on any atom is 0.0446 e. The third kappa shape index (κ3) is 4.28. The first-order valence-electron chi connectivity index (χ1n) is 5.86. The predicted molar refractivity (Wildman–Crippen MR) is 67.6 cm³/mol. The van der Waals surface area contributed by atoms with E-state index in [9.17, 15) is 0 Å². The molecule has 0 aromatic heterocycles. The van der Waals surface area contributed by atoms with Gasteiger partial charge in [0.15, 0.2) is 0 Å². The average Bonchev–Trinajstić information content (AvgIpc) is 2.25. The molecule has 0 saturated heterocycles. The van der Waals surface area contributed by atoms with Gasteiger partial charge in [0.05, 0.1) is 0 Å². The van der Waals surface area contributed by atoms with E-state index >= 15 is 0 Å². The van der Waals surface area contributed by atoms with Gasteiger partial charge in [-0.15, -0.1) is 0 Å². The molecule has 0 heterocycles. The molecule has 0 bridgehead atoms. The van der Waals surface area contributed by atoms with Crippen molar-refractivity contribution >= 4 is 5.71 Å². The summed E-state index contributed by atoms with van der Waals surface area (Å²) in [5.41, 5.74) is 2.53. The van der Waals surface area contributed by atoms with Crippen LogP contribution in [-0.2, 0) is 0 Å². The fourth-order valence-electron chi connectivity index (χ4n) is 1.57. The SMILES string of the molecule is CCCCC(=NC(C)C)c1ccccc1. The molecule has 0 radical (unpaired) electrons. The largest absolute Gasteiger partial charge is 0.286 e. The third-order valence-electron chi connectivity index (χ3n) is 2.29. The van der Waals surface area contributed by atoms with Crippen LogP contribution in [0.4, 0.5) is 0 Å². The zero-order valence-electron chi connectivity index (χ0n) is 10.0. The van der Waals surface area contributed by atoms with E-state index in [4.69, 9.17) is 4.99 Å². The number of hydrogen-bond acceptors (Lipinski definition) is 1. The molecule has 1 nitrogen and oxygen atoms in total. The summed E-state index contributed by atoms with van der Waals surface area (Å²) in [4.78, 5) is 4.70. The number of hydrogen-bond donors (Lipinski definition) is 0. The molecule has 82 valence electrons. The van der Waals surface area contributed by atoms with Gasteiger partial charge in [0, 0.05) is 11.8 Å². The molecule has 0 amide bonds. The lowest BCUT2D eigenvalue weighted by molar-refractivity contribution is 0.800. The summed E-state index contributed by atoms with van der Waals surface area (Å²) < 4.78 is 0. The lowest BCUT2D eigenvalue weighted by atomic mass is 10.0. The molecule has 0 spiro atoms. The molecule has 1 aromatic carbocycles. The summed E-state index contributed by atoms with van der Waals surface area (Å²) in [6.07, 6.45) is 3.54. The first-order valence-corrected chi connectivity index (χ1v) is 5.86. The lowest BCUT2D eigenvalue weighted by Crippen LogP contribution is -2.04. The van der Waals surface area contributed by atoms with Gasteiger partial charge in [-0.3, -0.25) is 4.99 Å². The summed E-state index contributed by atoms with van der Waals surface area (Å²) in [7, 11) is 0. The van der Waals surface area contributed by atoms with Gasteiger partial charge >= 0.3 is 0 Å². The first-order chi connectivity index (χ1) is 7.24. The molecule has 0 aliphatic carbocycles. The van der Waals surface area contributed by atoms with Gasteiger partial charge in [-0.25, -0.2) is 0 Å². The summed E-state index contributed by atoms with van der Waals surface area (Å²) in [6.45, 7) is 6.49. The standard InChI is InChI=1S/C14H21N/c1-4-5-11-14(15-12(2)3)13-9-7-6-8-10-13/h6-10,12H,4-5,11H2,1-3H3. The van der Waals surface area contributed by atoms with Crippen molar-refractivity contribution < 1.29 is 0 Å². The molecular weight excluding hydrogens is 182 g/mol. The van der Waals surface area contributed by atoms with Crippen molar-refractivity contribution in [2.24, 2.45) is 4.99 Å². The second-order valence-electron chi connectivity index (χ2n) is 4.14. The van der Waals surface area contributed by atoms with E-state index in [1.54, 1.807) is 0 Å². The Morgan fingerprint density at radius 1 is 1.20 bits per heavy atom. The second kappa shape index (κ2) is 6.39. The normalized spacial score (nSPS) is 12.1. The Balaban J connectivity index is 2.82. The molecule has 1 heteroatoms. The maximum atomic E-state index is 4.70. The Bertz CT molecular complexity index is 298. The van der Waals surface area contributed by atoms with E-state index in [0.29, 0.717) is 6.04 Å². The quantitative estimate of drug-likeness (QED) is 0.639. The van der Waals surface area contributed by atoms with Gasteiger partial charge in [0.25, 0.3) is 0 Å². The minimum absolute atomic E-state index is 0.386. The summed E-state index contributed by atoms with van der Waals surface area (Å²) in [6, 6.07) is 10.9. The summed E-state index contributed by atoms with van der Waals surface area (Å²) in [5.74, 6) is 0. The van der Waals surface area contributed by atoms with Crippen LogP contribution in [0.2, 0.25) is 0 Å². The lowest BCUT2D eigenvalue weighted by Gasteiger charge is -2.08. The monoisotopic (exact) mass is 203 g/mol. The highest BCUT2D eigenvalue weighted by molar-refractivity contribution is 6.00. The van der Waals surface area contributed by atoms with Crippen LogP contribution >= 0.6 is 0 Å². The van der Waals surface area contributed by atoms with Crippen LogP contribution in [0.25, 0.3) is 0 Å². The fraction of sp³-hybridized carbons (Fsp3) is 0.500. The van der Waals surface area contributed by atoms with Crippen molar-refractivity contribution in [3.8, 4) is 0 Å². The smallest absolute Gasteiger partial charge is 0.0446 e. The molecule has 0 aliphatic rings. The molecule has 0 N–H and O–H groups in total. The summed E-state index contributed by atoms with van der Waals surface area (Å²) in [5, 5.41) is 0. The average molecular weight is 203 g/mol. The van der Waals surface area contributed by atoms with Crippen LogP contribution in [0.1, 0.15) is 45.6 Å². The minimum Gasteiger partial charge on any atom is -0.286 e. The van der Waals surface area contributed by atoms with Crippen molar-refractivity contribution in [1.82, 2.24) is 0 Å². The molecule has 15 heavy (non-hydrogen) atoms. The van der Waals surface area contributed by atoms with Crippen molar-refractivity contribution in [3.63, 3.8) is 0 Å². The highest BCUT2D eigenvalue weighted by Crippen LogP contribution is 2.09. The topological polar surface area (TPSA) is 12.4 Å². The van der Waals surface area contributed by atoms with Gasteiger partial charge < -0.3 is 0 Å². The maximum absolute atomic E-state index is 4.70. The molecule has 1 rings (SSSR count). The second-order valence-corrected chi connectivity index (χ2v) is 4.14. The van der Waals surface area contributed by atoms with Gasteiger partial charge in [0.1, 0.15) is 0 Å². The van der Waals surface area contributed by atoms with Crippen LogP contribution in [0, 0.1) is 0 Å². The highest BCUT2D eigenvalue weighted by Gasteiger charge is 2.03. The fourth-order valence-corrected chi connectivity index (χ4v) is 1.57. The van der Waals surface area contributed by atoms with E-state index in [0.717, 1.165) is 6.42 Å². The number of nitrogens with zero attached hydrogens (tertiary/aromatic N) is 1. The van der Waals surface area contributed by atoms with E-state index in [2.05, 4.69) is 51.1 Å². The molecule has 0 atom stereocenters. The van der Waals surface area contributed by atoms with Crippen molar-refractivity contribution in [2.45, 2.75) is 46.1 Å². The Labute approximate surface area is 93.2 Å². The van der Waals surface area contributed by atoms with Crippen LogP contribution in [0.3, 0.4) is 0 Å². The van der Waals surface area contributed by atoms with Crippen LogP contribution in [0.5, 0.6) is 0 Å². The van der Waals surface area contributed by atoms with E-state index in [1.165, 1.54) is 24.1 Å². The van der Waals surface area contributed by atoms with Crippen LogP contribution in [0.15, 0.2) is 35.3 Å². The van der Waals surface area contributed by atoms with Crippen molar-refractivity contribution in [1.29, 1.82) is 0 Å². The Morgan fingerprint density at radius 2 is 1.87 bits per heavy atom. The first kappa shape index (κ1) is 12.0. The van der Waals surface area contributed by atoms with Gasteiger partial charge in [-0.2, -0.15) is 0 Å². The molecule has 0 aliphatic heterocycles. The minimum atomic E-state index is 0.386. The van der Waals surface area contributed by atoms with E-state index in [1.807, 2.05) is 0 Å². The van der Waals surface area contributed by atoms with Gasteiger partial charge in [-0.05, 0) is 32.3 Å². The van der Waals surface area contributed by atoms with Gasteiger partial charge in [0.2, 0.25) is 0 Å². The molecule has 1 aromatic rings. The number of rotatable bonds is 5. The molecule has 0 unspecified atom stereocenters. The van der Waals surface area contributed by atoms with Crippen LogP contribution < -0.4 is 0 Å². The Morgan fingerprint density at radius 3 is 2.40 bits per heavy atom. The van der Waals surface area contributed by atoms with Crippen molar-refractivity contribution in [3.05, 3.63) is 35.9 Å². The van der Waals surface area contributed by atoms with Crippen LogP contribution in [-0.4, -0.2) is 11.8 Å². The molecule has 0 saturated carbocycles. The third-order valence-corrected chi connectivity index (χ3v) is 2.29. The Hall–Kier alpha value is -1.11. The predicted octanol–water partition coefficient (Wildman–Crippen LogP) is 4.07. The number of unbranched alkanes of at least 4 members (excludes halogenated alkanes) is 1. The molecule has 0 fully saturated rings. The molecular formula is C14H21N. The van der Waals surface area contributed by atoms with Crippen molar-refractivity contribution in [2.75, 3.05) is 0 Å².